The van der Waals surface area contributed by atoms with Crippen molar-refractivity contribution in [3.05, 3.63) is 97.6 Å². The molecule has 0 aromatic heterocycles. The van der Waals surface area contributed by atoms with Crippen LogP contribution >= 0.6 is 0 Å². The topological polar surface area (TPSA) is 27.7 Å². The normalized spacial score (nSPS) is 19.5. The molecule has 170 valence electrons. The maximum atomic E-state index is 6.06. The zero-order valence-electron chi connectivity index (χ0n) is 18.7. The zero-order valence-corrected chi connectivity index (χ0v) is 20.8. The minimum atomic E-state index is -0.290. The molecule has 32 heavy (non-hydrogen) atoms. The first-order valence-corrected chi connectivity index (χ1v) is 13.7. The Hall–Kier alpha value is -1.89. The molecule has 3 aromatic rings. The quantitative estimate of drug-likeness (QED) is 0.223. The van der Waals surface area contributed by atoms with Crippen LogP contribution in [0, 0.1) is 7.14 Å². The summed E-state index contributed by atoms with van der Waals surface area (Å²) in [4.78, 5) is 0. The molecular weight excluding hydrogens is 511 g/mol. The number of ether oxygens (including phenoxy) is 3. The van der Waals surface area contributed by atoms with Crippen molar-refractivity contribution in [1.29, 1.82) is 0 Å². The van der Waals surface area contributed by atoms with Crippen LogP contribution in [0.2, 0.25) is 0 Å². The van der Waals surface area contributed by atoms with Gasteiger partial charge in [-0.3, -0.25) is 0 Å². The Balaban J connectivity index is 1.11. The third-order valence-corrected chi connectivity index (χ3v) is 8.49. The molecule has 3 aromatic carbocycles. The third kappa shape index (κ3) is 7.32. The second-order valence-electron chi connectivity index (χ2n) is 8.16. The second kappa shape index (κ2) is 12.4. The Morgan fingerprint density at radius 1 is 0.750 bits per heavy atom. The summed E-state index contributed by atoms with van der Waals surface area (Å²) in [5.41, 5.74) is 1.47. The second-order valence-corrected chi connectivity index (χ2v) is 11.2. The number of benzene rings is 3. The van der Waals surface area contributed by atoms with Crippen LogP contribution < -0.4 is 25.9 Å². The Bertz CT molecular complexity index is 906. The van der Waals surface area contributed by atoms with Crippen LogP contribution in [0.3, 0.4) is 0 Å². The molecule has 0 heterocycles. The molecule has 0 spiro atoms. The Morgan fingerprint density at radius 3 is 2.06 bits per heavy atom. The van der Waals surface area contributed by atoms with Crippen molar-refractivity contribution in [3.63, 3.8) is 0 Å². The average Bonchev–Trinajstić information content (AvgIpc) is 2.85. The van der Waals surface area contributed by atoms with E-state index in [4.69, 9.17) is 14.2 Å². The molecule has 1 atom stereocenters. The van der Waals surface area contributed by atoms with Gasteiger partial charge in [0.2, 0.25) is 0 Å². The standard InChI is InChI=1S/C28H32IO3/c1-22(32-28-18-14-26(15-19-28)29-25-10-6-3-7-11-25)30-20-21-31-27-16-12-24(13-17-27)23-8-4-2-5-9-23/h2-11,14-15,18-19,22,24,27H,12-13,16-17,20-21H2,1H3/q-1. The molecule has 0 radical (unpaired) electrons. The molecule has 0 aliphatic heterocycles. The van der Waals surface area contributed by atoms with E-state index in [0.717, 1.165) is 18.6 Å². The van der Waals surface area contributed by atoms with Crippen LogP contribution in [-0.4, -0.2) is 25.6 Å². The van der Waals surface area contributed by atoms with Crippen LogP contribution in [0.1, 0.15) is 44.1 Å². The van der Waals surface area contributed by atoms with Crippen molar-refractivity contribution in [3.8, 4) is 5.75 Å². The number of hydrogen-bond donors (Lipinski definition) is 0. The molecule has 1 aliphatic carbocycles. The fourth-order valence-electron chi connectivity index (χ4n) is 4.12. The van der Waals surface area contributed by atoms with Gasteiger partial charge in [0.05, 0.1) is 0 Å². The van der Waals surface area contributed by atoms with Crippen molar-refractivity contribution >= 4 is 0 Å². The molecule has 0 amide bonds. The van der Waals surface area contributed by atoms with Crippen molar-refractivity contribution in [2.45, 2.75) is 50.9 Å². The van der Waals surface area contributed by atoms with E-state index in [0.29, 0.717) is 25.2 Å². The molecular formula is C28H32IO3-. The molecule has 4 heteroatoms. The van der Waals surface area contributed by atoms with E-state index in [1.807, 2.05) is 19.1 Å². The summed E-state index contributed by atoms with van der Waals surface area (Å²) in [5.74, 6) is 1.53. The van der Waals surface area contributed by atoms with E-state index < -0.39 is 0 Å². The summed E-state index contributed by atoms with van der Waals surface area (Å²) < 4.78 is 20.6. The van der Waals surface area contributed by atoms with Gasteiger partial charge in [0.15, 0.2) is 0 Å². The summed E-state index contributed by atoms with van der Waals surface area (Å²) in [7, 11) is 0. The van der Waals surface area contributed by atoms with Gasteiger partial charge < -0.3 is 0 Å². The SMILES string of the molecule is CC(OCCOC1CCC(c2ccccc2)CC1)Oc1ccc([I-]c2ccccc2)cc1. The van der Waals surface area contributed by atoms with Crippen molar-refractivity contribution in [2.24, 2.45) is 0 Å². The Morgan fingerprint density at radius 2 is 1.38 bits per heavy atom. The van der Waals surface area contributed by atoms with Gasteiger partial charge in [-0.25, -0.2) is 0 Å². The van der Waals surface area contributed by atoms with E-state index in [2.05, 4.69) is 72.8 Å². The first-order valence-electron chi connectivity index (χ1n) is 11.5. The van der Waals surface area contributed by atoms with Gasteiger partial charge in [0.25, 0.3) is 0 Å². The Kier molecular flexibility index (Phi) is 9.00. The zero-order chi connectivity index (χ0) is 22.0. The van der Waals surface area contributed by atoms with Crippen molar-refractivity contribution in [2.75, 3.05) is 13.2 Å². The van der Waals surface area contributed by atoms with Crippen LogP contribution in [0.4, 0.5) is 0 Å². The van der Waals surface area contributed by atoms with Gasteiger partial charge in [-0.2, -0.15) is 0 Å². The van der Waals surface area contributed by atoms with E-state index in [1.165, 1.54) is 25.5 Å². The third-order valence-electron chi connectivity index (χ3n) is 5.80. The summed E-state index contributed by atoms with van der Waals surface area (Å²) in [5, 5.41) is 0. The van der Waals surface area contributed by atoms with Crippen LogP contribution in [0.15, 0.2) is 84.9 Å². The van der Waals surface area contributed by atoms with Crippen LogP contribution in [0.5, 0.6) is 5.75 Å². The summed E-state index contributed by atoms with van der Waals surface area (Å²) >= 11 is -0.144. The van der Waals surface area contributed by atoms with Crippen LogP contribution in [0.25, 0.3) is 0 Å². The number of rotatable bonds is 10. The van der Waals surface area contributed by atoms with Crippen LogP contribution in [-0.2, 0) is 9.47 Å². The van der Waals surface area contributed by atoms with Gasteiger partial charge in [-0.1, -0.05) is 30.3 Å². The maximum absolute atomic E-state index is 6.06. The van der Waals surface area contributed by atoms with Gasteiger partial charge in [0.1, 0.15) is 0 Å². The van der Waals surface area contributed by atoms with Gasteiger partial charge in [-0.15, -0.1) is 0 Å². The fraction of sp³-hybridized carbons (Fsp3) is 0.357. The van der Waals surface area contributed by atoms with E-state index in [-0.39, 0.29) is 27.5 Å². The summed E-state index contributed by atoms with van der Waals surface area (Å²) in [6.07, 6.45) is 4.74. The minimum absolute atomic E-state index is 0.144. The monoisotopic (exact) mass is 543 g/mol. The average molecular weight is 543 g/mol. The van der Waals surface area contributed by atoms with E-state index >= 15 is 0 Å². The molecule has 1 aliphatic rings. The molecule has 0 bridgehead atoms. The molecule has 1 fully saturated rings. The van der Waals surface area contributed by atoms with Gasteiger partial charge >= 0.3 is 148 Å². The molecule has 0 N–H and O–H groups in total. The molecule has 3 nitrogen and oxygen atoms in total. The molecule has 0 saturated heterocycles. The van der Waals surface area contributed by atoms with Crippen molar-refractivity contribution < 1.29 is 35.4 Å². The van der Waals surface area contributed by atoms with Gasteiger partial charge in [-0.05, 0) is 24.3 Å². The predicted molar refractivity (Wildman–Crippen MR) is 124 cm³/mol. The summed E-state index contributed by atoms with van der Waals surface area (Å²) in [6.45, 7) is 3.11. The Labute approximate surface area is 202 Å². The van der Waals surface area contributed by atoms with Gasteiger partial charge in [0, 0.05) is 0 Å². The van der Waals surface area contributed by atoms with E-state index in [9.17, 15) is 0 Å². The molecule has 4 rings (SSSR count). The van der Waals surface area contributed by atoms with E-state index in [1.54, 1.807) is 0 Å². The first-order chi connectivity index (χ1) is 15.8. The molecule has 1 saturated carbocycles. The first kappa shape index (κ1) is 23.3. The fourth-order valence-corrected chi connectivity index (χ4v) is 6.34. The predicted octanol–water partition coefficient (Wildman–Crippen LogP) is 3.30. The number of halogens is 1. The summed E-state index contributed by atoms with van der Waals surface area (Å²) in [6, 6.07) is 29.9. The molecule has 1 unspecified atom stereocenters. The number of hydrogen-bond acceptors (Lipinski definition) is 3. The van der Waals surface area contributed by atoms with Crippen molar-refractivity contribution in [1.82, 2.24) is 0 Å².